The molecule has 0 aromatic heterocycles. The van der Waals surface area contributed by atoms with Crippen LogP contribution < -0.4 is 11.3 Å². The summed E-state index contributed by atoms with van der Waals surface area (Å²) in [4.78, 5) is 0. The highest BCUT2D eigenvalue weighted by atomic mass is 16.5. The average Bonchev–Trinajstić information content (AvgIpc) is 2.31. The fraction of sp³-hybridized carbons (Fsp3) is 0.571. The molecule has 1 atom stereocenters. The van der Waals surface area contributed by atoms with Crippen LogP contribution >= 0.6 is 0 Å². The third kappa shape index (κ3) is 4.46. The molecule has 0 saturated heterocycles. The first kappa shape index (κ1) is 14.2. The van der Waals surface area contributed by atoms with E-state index < -0.39 is 0 Å². The molecule has 1 unspecified atom stereocenters. The highest BCUT2D eigenvalue weighted by molar-refractivity contribution is 5.32. The molecular weight excluding hydrogens is 212 g/mol. The summed E-state index contributed by atoms with van der Waals surface area (Å²) in [6.45, 7) is 7.85. The Morgan fingerprint density at radius 2 is 2.12 bits per heavy atom. The first-order valence-electron chi connectivity index (χ1n) is 6.30. The SMILES string of the molecule is CCOCCCC(NN)c1ccc(C)cc1C. The zero-order valence-corrected chi connectivity index (χ0v) is 11.1. The zero-order chi connectivity index (χ0) is 12.7. The standard InChI is InChI=1S/C14H24N2O/c1-4-17-9-5-6-14(16-15)13-8-7-11(2)10-12(13)3/h7-8,10,14,16H,4-6,9,15H2,1-3H3. The summed E-state index contributed by atoms with van der Waals surface area (Å²) in [6.07, 6.45) is 2.02. The summed E-state index contributed by atoms with van der Waals surface area (Å²) in [6, 6.07) is 6.71. The fourth-order valence-corrected chi connectivity index (χ4v) is 2.08. The minimum absolute atomic E-state index is 0.219. The lowest BCUT2D eigenvalue weighted by molar-refractivity contribution is 0.141. The van der Waals surface area contributed by atoms with Gasteiger partial charge in [-0.1, -0.05) is 23.8 Å². The van der Waals surface area contributed by atoms with E-state index in [1.54, 1.807) is 0 Å². The van der Waals surface area contributed by atoms with E-state index in [0.29, 0.717) is 0 Å². The number of ether oxygens (including phenoxy) is 1. The summed E-state index contributed by atoms with van der Waals surface area (Å²) < 4.78 is 5.35. The molecule has 0 heterocycles. The van der Waals surface area contributed by atoms with Crippen LogP contribution in [0.3, 0.4) is 0 Å². The Morgan fingerprint density at radius 1 is 1.35 bits per heavy atom. The molecule has 0 aliphatic carbocycles. The van der Waals surface area contributed by atoms with Gasteiger partial charge in [0.05, 0.1) is 0 Å². The van der Waals surface area contributed by atoms with E-state index in [2.05, 4.69) is 37.5 Å². The normalized spacial score (nSPS) is 12.7. The van der Waals surface area contributed by atoms with Gasteiger partial charge >= 0.3 is 0 Å². The Bertz CT molecular complexity index is 339. The molecule has 0 bridgehead atoms. The van der Waals surface area contributed by atoms with Crippen molar-refractivity contribution in [3.8, 4) is 0 Å². The Morgan fingerprint density at radius 3 is 2.71 bits per heavy atom. The van der Waals surface area contributed by atoms with Crippen LogP contribution in [-0.4, -0.2) is 13.2 Å². The van der Waals surface area contributed by atoms with Crippen LogP contribution in [0.15, 0.2) is 18.2 Å². The molecule has 1 aromatic carbocycles. The van der Waals surface area contributed by atoms with Crippen LogP contribution in [0.2, 0.25) is 0 Å². The Hall–Kier alpha value is -0.900. The van der Waals surface area contributed by atoms with Gasteiger partial charge in [-0.3, -0.25) is 11.3 Å². The lowest BCUT2D eigenvalue weighted by atomic mass is 9.96. The minimum atomic E-state index is 0.219. The molecule has 0 amide bonds. The van der Waals surface area contributed by atoms with E-state index in [-0.39, 0.29) is 6.04 Å². The molecular formula is C14H24N2O. The van der Waals surface area contributed by atoms with Crippen LogP contribution in [0, 0.1) is 13.8 Å². The van der Waals surface area contributed by atoms with Crippen LogP contribution in [0.25, 0.3) is 0 Å². The maximum atomic E-state index is 5.64. The smallest absolute Gasteiger partial charge is 0.0466 e. The van der Waals surface area contributed by atoms with Gasteiger partial charge in [-0.2, -0.15) is 0 Å². The second kappa shape index (κ2) is 7.43. The van der Waals surface area contributed by atoms with E-state index in [1.807, 2.05) is 6.92 Å². The molecule has 0 radical (unpaired) electrons. The van der Waals surface area contributed by atoms with E-state index in [0.717, 1.165) is 26.1 Å². The summed E-state index contributed by atoms with van der Waals surface area (Å²) in [5.41, 5.74) is 6.77. The highest BCUT2D eigenvalue weighted by Gasteiger charge is 2.11. The van der Waals surface area contributed by atoms with Crippen molar-refractivity contribution in [3.05, 3.63) is 34.9 Å². The van der Waals surface area contributed by atoms with Crippen LogP contribution in [0.5, 0.6) is 0 Å². The second-order valence-corrected chi connectivity index (χ2v) is 4.42. The van der Waals surface area contributed by atoms with Crippen molar-refractivity contribution in [3.63, 3.8) is 0 Å². The molecule has 0 spiro atoms. The molecule has 3 N–H and O–H groups in total. The predicted molar refractivity (Wildman–Crippen MR) is 71.7 cm³/mol. The molecule has 0 aliphatic heterocycles. The number of nitrogens with two attached hydrogens (primary N) is 1. The van der Waals surface area contributed by atoms with E-state index >= 15 is 0 Å². The maximum Gasteiger partial charge on any atom is 0.0466 e. The van der Waals surface area contributed by atoms with Crippen LogP contribution in [-0.2, 0) is 4.74 Å². The quantitative estimate of drug-likeness (QED) is 0.434. The van der Waals surface area contributed by atoms with Crippen LogP contribution in [0.4, 0.5) is 0 Å². The van der Waals surface area contributed by atoms with Gasteiger partial charge in [0.15, 0.2) is 0 Å². The lowest BCUT2D eigenvalue weighted by Gasteiger charge is -2.19. The van der Waals surface area contributed by atoms with Gasteiger partial charge in [0.25, 0.3) is 0 Å². The minimum Gasteiger partial charge on any atom is -0.382 e. The number of benzene rings is 1. The van der Waals surface area contributed by atoms with Gasteiger partial charge in [-0.25, -0.2) is 0 Å². The number of rotatable bonds is 7. The highest BCUT2D eigenvalue weighted by Crippen LogP contribution is 2.22. The number of aryl methyl sites for hydroxylation is 2. The van der Waals surface area contributed by atoms with Crippen molar-refractivity contribution in [2.75, 3.05) is 13.2 Å². The van der Waals surface area contributed by atoms with Gasteiger partial charge in [0.1, 0.15) is 0 Å². The lowest BCUT2D eigenvalue weighted by Crippen LogP contribution is -2.28. The fourth-order valence-electron chi connectivity index (χ4n) is 2.08. The average molecular weight is 236 g/mol. The molecule has 0 aliphatic rings. The van der Waals surface area contributed by atoms with Gasteiger partial charge < -0.3 is 4.74 Å². The number of hydrogen-bond acceptors (Lipinski definition) is 3. The van der Waals surface area contributed by atoms with Gasteiger partial charge in [-0.15, -0.1) is 0 Å². The third-order valence-corrected chi connectivity index (χ3v) is 2.99. The summed E-state index contributed by atoms with van der Waals surface area (Å²) >= 11 is 0. The van der Waals surface area contributed by atoms with E-state index in [4.69, 9.17) is 10.6 Å². The van der Waals surface area contributed by atoms with Crippen molar-refractivity contribution < 1.29 is 4.74 Å². The largest absolute Gasteiger partial charge is 0.382 e. The molecule has 0 fully saturated rings. The van der Waals surface area contributed by atoms with Crippen molar-refractivity contribution in [2.24, 2.45) is 5.84 Å². The molecule has 3 nitrogen and oxygen atoms in total. The van der Waals surface area contributed by atoms with Crippen molar-refractivity contribution in [1.29, 1.82) is 0 Å². The maximum absolute atomic E-state index is 5.64. The van der Waals surface area contributed by atoms with E-state index in [9.17, 15) is 0 Å². The topological polar surface area (TPSA) is 47.3 Å². The molecule has 1 rings (SSSR count). The first-order valence-corrected chi connectivity index (χ1v) is 6.30. The first-order chi connectivity index (χ1) is 8.19. The van der Waals surface area contributed by atoms with Crippen LogP contribution in [0.1, 0.15) is 42.5 Å². The molecule has 0 saturated carbocycles. The second-order valence-electron chi connectivity index (χ2n) is 4.42. The Kier molecular flexibility index (Phi) is 6.19. The molecule has 3 heteroatoms. The zero-order valence-electron chi connectivity index (χ0n) is 11.1. The third-order valence-electron chi connectivity index (χ3n) is 2.99. The summed E-state index contributed by atoms with van der Waals surface area (Å²) in [7, 11) is 0. The number of hydrogen-bond donors (Lipinski definition) is 2. The number of nitrogens with one attached hydrogen (secondary N) is 1. The summed E-state index contributed by atoms with van der Waals surface area (Å²) in [5, 5.41) is 0. The number of hydrazine groups is 1. The Labute approximate surface area is 104 Å². The summed E-state index contributed by atoms with van der Waals surface area (Å²) in [5.74, 6) is 5.64. The molecule has 96 valence electrons. The molecule has 1 aromatic rings. The van der Waals surface area contributed by atoms with E-state index in [1.165, 1.54) is 16.7 Å². The van der Waals surface area contributed by atoms with Gasteiger partial charge in [0, 0.05) is 19.3 Å². The van der Waals surface area contributed by atoms with Gasteiger partial charge in [-0.05, 0) is 44.7 Å². The van der Waals surface area contributed by atoms with Crippen molar-refractivity contribution in [2.45, 2.75) is 39.7 Å². The Balaban J connectivity index is 2.59. The van der Waals surface area contributed by atoms with Crippen molar-refractivity contribution in [1.82, 2.24) is 5.43 Å². The monoisotopic (exact) mass is 236 g/mol. The molecule has 17 heavy (non-hydrogen) atoms. The van der Waals surface area contributed by atoms with Crippen molar-refractivity contribution >= 4 is 0 Å². The predicted octanol–water partition coefficient (Wildman–Crippen LogP) is 2.62. The van der Waals surface area contributed by atoms with Gasteiger partial charge in [0.2, 0.25) is 0 Å².